The Kier molecular flexibility index (Phi) is 7.19. The van der Waals surface area contributed by atoms with Crippen molar-refractivity contribution in [3.8, 4) is 0 Å². The van der Waals surface area contributed by atoms with Crippen molar-refractivity contribution in [2.75, 3.05) is 31.1 Å². The average Bonchev–Trinajstić information content (AvgIpc) is 3.04. The summed E-state index contributed by atoms with van der Waals surface area (Å²) in [7, 11) is 0. The molecule has 1 atom stereocenters. The van der Waals surface area contributed by atoms with Crippen molar-refractivity contribution >= 4 is 17.7 Å². The fraction of sp³-hybridized carbons (Fsp3) is 0.588. The number of rotatable bonds is 8. The van der Waals surface area contributed by atoms with Gasteiger partial charge >= 0.3 is 0 Å². The summed E-state index contributed by atoms with van der Waals surface area (Å²) in [6.07, 6.45) is 2.82. The van der Waals surface area contributed by atoms with Gasteiger partial charge in [-0.05, 0) is 37.8 Å². The zero-order valence-electron chi connectivity index (χ0n) is 13.2. The van der Waals surface area contributed by atoms with Gasteiger partial charge in [0.05, 0.1) is 6.04 Å². The number of amides is 1. The molecular weight excluding hydrogens is 299 g/mol. The van der Waals surface area contributed by atoms with Crippen LogP contribution in [0, 0.1) is 5.82 Å². The van der Waals surface area contributed by atoms with Crippen LogP contribution in [0.1, 0.15) is 37.8 Å². The third-order valence-corrected chi connectivity index (χ3v) is 4.92. The van der Waals surface area contributed by atoms with E-state index in [4.69, 9.17) is 0 Å². The molecule has 2 rings (SSSR count). The van der Waals surface area contributed by atoms with Crippen molar-refractivity contribution in [3.63, 3.8) is 0 Å². The van der Waals surface area contributed by atoms with Crippen LogP contribution in [-0.4, -0.2) is 41.9 Å². The maximum Gasteiger partial charge on any atom is 0.220 e. The Hall–Kier alpha value is -1.07. The van der Waals surface area contributed by atoms with E-state index in [1.807, 2.05) is 12.1 Å². The van der Waals surface area contributed by atoms with Crippen molar-refractivity contribution in [3.05, 3.63) is 35.6 Å². The van der Waals surface area contributed by atoms with Gasteiger partial charge in [-0.1, -0.05) is 25.1 Å². The predicted molar refractivity (Wildman–Crippen MR) is 90.6 cm³/mol. The molecule has 122 valence electrons. The van der Waals surface area contributed by atoms with Crippen LogP contribution in [0.25, 0.3) is 0 Å². The van der Waals surface area contributed by atoms with Gasteiger partial charge in [0.2, 0.25) is 5.91 Å². The number of hydrogen-bond acceptors (Lipinski definition) is 3. The fourth-order valence-corrected chi connectivity index (χ4v) is 3.46. The van der Waals surface area contributed by atoms with E-state index in [1.54, 1.807) is 17.8 Å². The Labute approximate surface area is 136 Å². The number of thioether (sulfide) groups is 1. The van der Waals surface area contributed by atoms with E-state index in [0.717, 1.165) is 37.4 Å². The zero-order valence-corrected chi connectivity index (χ0v) is 14.0. The summed E-state index contributed by atoms with van der Waals surface area (Å²) in [5, 5.41) is 2.98. The molecule has 1 aromatic rings. The molecule has 1 aromatic carbocycles. The number of nitrogens with zero attached hydrogens (tertiary/aromatic N) is 1. The standard InChI is InChI=1S/C17H25FN2OS/c1-2-22-12-9-17(21)19-13-16(20-10-5-6-11-20)14-7-3-4-8-15(14)18/h3-4,7-8,16H,2,5-6,9-13H2,1H3,(H,19,21). The van der Waals surface area contributed by atoms with E-state index in [9.17, 15) is 9.18 Å². The van der Waals surface area contributed by atoms with Crippen molar-refractivity contribution in [2.45, 2.75) is 32.2 Å². The number of hydrogen-bond donors (Lipinski definition) is 1. The molecule has 1 aliphatic rings. The van der Waals surface area contributed by atoms with Crippen molar-refractivity contribution in [1.29, 1.82) is 0 Å². The molecule has 0 aromatic heterocycles. The SMILES string of the molecule is CCSCCC(=O)NCC(c1ccccc1F)N1CCCC1. The third-order valence-electron chi connectivity index (χ3n) is 4.02. The molecule has 1 heterocycles. The van der Waals surface area contributed by atoms with Gasteiger partial charge in [-0.25, -0.2) is 4.39 Å². The van der Waals surface area contributed by atoms with Crippen LogP contribution in [0.2, 0.25) is 0 Å². The monoisotopic (exact) mass is 324 g/mol. The first-order valence-corrected chi connectivity index (χ1v) is 9.20. The molecule has 22 heavy (non-hydrogen) atoms. The van der Waals surface area contributed by atoms with E-state index < -0.39 is 0 Å². The van der Waals surface area contributed by atoms with Crippen LogP contribution < -0.4 is 5.32 Å². The van der Waals surface area contributed by atoms with Crippen molar-refractivity contribution in [2.24, 2.45) is 0 Å². The Morgan fingerprint density at radius 3 is 2.77 bits per heavy atom. The normalized spacial score (nSPS) is 16.6. The topological polar surface area (TPSA) is 32.3 Å². The minimum absolute atomic E-state index is 0.0569. The Morgan fingerprint density at radius 1 is 1.36 bits per heavy atom. The molecule has 0 aliphatic carbocycles. The molecule has 5 heteroatoms. The Bertz CT molecular complexity index is 477. The highest BCUT2D eigenvalue weighted by Gasteiger charge is 2.25. The van der Waals surface area contributed by atoms with Gasteiger partial charge in [0.1, 0.15) is 5.82 Å². The maximum atomic E-state index is 14.1. The molecule has 0 spiro atoms. The molecule has 1 saturated heterocycles. The number of halogens is 1. The second-order valence-electron chi connectivity index (χ2n) is 5.53. The summed E-state index contributed by atoms with van der Waals surface area (Å²) in [6, 6.07) is 6.84. The lowest BCUT2D eigenvalue weighted by molar-refractivity contribution is -0.120. The van der Waals surface area contributed by atoms with Crippen molar-refractivity contribution < 1.29 is 9.18 Å². The summed E-state index contributed by atoms with van der Waals surface area (Å²) in [6.45, 7) is 4.52. The maximum absolute atomic E-state index is 14.1. The number of carbonyl (C=O) groups excluding carboxylic acids is 1. The average molecular weight is 324 g/mol. The highest BCUT2D eigenvalue weighted by Crippen LogP contribution is 2.26. The summed E-state index contributed by atoms with van der Waals surface area (Å²) in [4.78, 5) is 14.2. The van der Waals surface area contributed by atoms with Crippen LogP contribution in [0.15, 0.2) is 24.3 Å². The van der Waals surface area contributed by atoms with Crippen LogP contribution >= 0.6 is 11.8 Å². The molecule has 1 unspecified atom stereocenters. The lowest BCUT2D eigenvalue weighted by Gasteiger charge is -2.28. The summed E-state index contributed by atoms with van der Waals surface area (Å²) in [5.41, 5.74) is 0.688. The minimum atomic E-state index is -0.185. The smallest absolute Gasteiger partial charge is 0.220 e. The van der Waals surface area contributed by atoms with Gasteiger partial charge < -0.3 is 5.32 Å². The fourth-order valence-electron chi connectivity index (χ4n) is 2.84. The number of nitrogens with one attached hydrogen (secondary N) is 1. The van der Waals surface area contributed by atoms with Gasteiger partial charge in [0.25, 0.3) is 0 Å². The molecule has 1 aliphatic heterocycles. The third kappa shape index (κ3) is 4.99. The quantitative estimate of drug-likeness (QED) is 0.745. The molecule has 1 N–H and O–H groups in total. The molecular formula is C17H25FN2OS. The molecule has 0 bridgehead atoms. The first-order chi connectivity index (χ1) is 10.7. The number of benzene rings is 1. The highest BCUT2D eigenvalue weighted by atomic mass is 32.2. The van der Waals surface area contributed by atoms with Crippen LogP contribution in [0.5, 0.6) is 0 Å². The van der Waals surface area contributed by atoms with Crippen molar-refractivity contribution in [1.82, 2.24) is 10.2 Å². The summed E-state index contributed by atoms with van der Waals surface area (Å²) < 4.78 is 14.1. The van der Waals surface area contributed by atoms with Gasteiger partial charge in [-0.2, -0.15) is 11.8 Å². The van der Waals surface area contributed by atoms with Crippen LogP contribution in [-0.2, 0) is 4.79 Å². The van der Waals surface area contributed by atoms with Gasteiger partial charge in [-0.3, -0.25) is 9.69 Å². The van der Waals surface area contributed by atoms with Gasteiger partial charge in [0, 0.05) is 24.3 Å². The molecule has 1 amide bonds. The number of likely N-dealkylation sites (tertiary alicyclic amines) is 1. The second kappa shape index (κ2) is 9.16. The van der Waals surface area contributed by atoms with E-state index >= 15 is 0 Å². The minimum Gasteiger partial charge on any atom is -0.354 e. The van der Waals surface area contributed by atoms with Gasteiger partial charge in [0.15, 0.2) is 0 Å². The number of carbonyl (C=O) groups is 1. The summed E-state index contributed by atoms with van der Waals surface area (Å²) in [5.74, 6) is 1.74. The Morgan fingerprint density at radius 2 is 2.09 bits per heavy atom. The van der Waals surface area contributed by atoms with Crippen LogP contribution in [0.3, 0.4) is 0 Å². The predicted octanol–water partition coefficient (Wildman–Crippen LogP) is 3.22. The first kappa shape index (κ1) is 17.3. The Balaban J connectivity index is 1.97. The highest BCUT2D eigenvalue weighted by molar-refractivity contribution is 7.99. The molecule has 1 fully saturated rings. The van der Waals surface area contributed by atoms with E-state index in [-0.39, 0.29) is 17.8 Å². The van der Waals surface area contributed by atoms with E-state index in [0.29, 0.717) is 18.5 Å². The van der Waals surface area contributed by atoms with Gasteiger partial charge in [-0.15, -0.1) is 0 Å². The lowest BCUT2D eigenvalue weighted by atomic mass is 10.0. The molecule has 0 radical (unpaired) electrons. The first-order valence-electron chi connectivity index (χ1n) is 8.05. The van der Waals surface area contributed by atoms with E-state index in [1.165, 1.54) is 6.07 Å². The van der Waals surface area contributed by atoms with E-state index in [2.05, 4.69) is 17.1 Å². The zero-order chi connectivity index (χ0) is 15.8. The molecule has 0 saturated carbocycles. The second-order valence-corrected chi connectivity index (χ2v) is 6.93. The molecule has 3 nitrogen and oxygen atoms in total. The summed E-state index contributed by atoms with van der Waals surface area (Å²) >= 11 is 1.76. The lowest BCUT2D eigenvalue weighted by Crippen LogP contribution is -2.37. The largest absolute Gasteiger partial charge is 0.354 e. The van der Waals surface area contributed by atoms with Crippen LogP contribution in [0.4, 0.5) is 4.39 Å².